The third kappa shape index (κ3) is 3.61. The maximum atomic E-state index is 6.05. The summed E-state index contributed by atoms with van der Waals surface area (Å²) in [6, 6.07) is 5.44. The minimum Gasteiger partial charge on any atom is -0.486 e. The molecule has 0 N–H and O–H groups in total. The van der Waals surface area contributed by atoms with Crippen LogP contribution in [-0.4, -0.2) is 0 Å². The predicted octanol–water partition coefficient (Wildman–Crippen LogP) is 6.16. The lowest BCUT2D eigenvalue weighted by Crippen LogP contribution is -1.93. The minimum absolute atomic E-state index is 0.480. The summed E-state index contributed by atoms with van der Waals surface area (Å²) in [4.78, 5) is 1.12. The van der Waals surface area contributed by atoms with Crippen molar-refractivity contribution < 1.29 is 4.74 Å². The highest BCUT2D eigenvalue weighted by atomic mass is 79.9. The molecule has 17 heavy (non-hydrogen) atoms. The molecule has 0 amide bonds. The lowest BCUT2D eigenvalue weighted by molar-refractivity contribution is 0.310. The van der Waals surface area contributed by atoms with Crippen molar-refractivity contribution in [3.05, 3.63) is 47.4 Å². The Kier molecular flexibility index (Phi) is 4.78. The van der Waals surface area contributed by atoms with E-state index in [0.717, 1.165) is 13.8 Å². The Hall–Kier alpha value is 0.260. The molecule has 0 atom stereocenters. The first kappa shape index (κ1) is 13.7. The topological polar surface area (TPSA) is 9.23 Å². The van der Waals surface area contributed by atoms with Gasteiger partial charge in [0.1, 0.15) is 12.4 Å². The van der Waals surface area contributed by atoms with Crippen LogP contribution in [0.15, 0.2) is 32.5 Å². The first-order valence-electron chi connectivity index (χ1n) is 4.56. The van der Waals surface area contributed by atoms with Gasteiger partial charge < -0.3 is 4.74 Å². The van der Waals surface area contributed by atoms with Gasteiger partial charge in [-0.25, -0.2) is 0 Å². The number of ether oxygens (including phenoxy) is 1. The summed E-state index contributed by atoms with van der Waals surface area (Å²) in [6.07, 6.45) is 0. The van der Waals surface area contributed by atoms with E-state index in [1.165, 1.54) is 0 Å². The van der Waals surface area contributed by atoms with Gasteiger partial charge in [0.05, 0.1) is 10.0 Å². The molecule has 2 aromatic rings. The SMILES string of the molecule is Clc1cc(OCc2cc(Br)cs2)c(Cl)cc1Br. The van der Waals surface area contributed by atoms with E-state index < -0.39 is 0 Å². The van der Waals surface area contributed by atoms with Crippen molar-refractivity contribution in [2.45, 2.75) is 6.61 Å². The molecule has 0 saturated heterocycles. The van der Waals surface area contributed by atoms with Crippen molar-refractivity contribution in [2.75, 3.05) is 0 Å². The Morgan fingerprint density at radius 2 is 1.88 bits per heavy atom. The quantitative estimate of drug-likeness (QED) is 0.544. The summed E-state index contributed by atoms with van der Waals surface area (Å²) in [7, 11) is 0. The Bertz CT molecular complexity index is 542. The molecule has 0 bridgehead atoms. The second-order valence-electron chi connectivity index (χ2n) is 3.22. The molecule has 0 fully saturated rings. The molecule has 0 unspecified atom stereocenters. The van der Waals surface area contributed by atoms with Crippen molar-refractivity contribution in [2.24, 2.45) is 0 Å². The average Bonchev–Trinajstić information content (AvgIpc) is 2.68. The molecular weight excluding hydrogens is 411 g/mol. The average molecular weight is 417 g/mol. The van der Waals surface area contributed by atoms with Gasteiger partial charge in [0.2, 0.25) is 0 Å². The molecule has 0 aliphatic heterocycles. The second-order valence-corrected chi connectivity index (χ2v) is 6.80. The van der Waals surface area contributed by atoms with E-state index in [9.17, 15) is 0 Å². The smallest absolute Gasteiger partial charge is 0.140 e. The van der Waals surface area contributed by atoms with Crippen LogP contribution in [0.5, 0.6) is 5.75 Å². The number of rotatable bonds is 3. The zero-order valence-corrected chi connectivity index (χ0v) is 13.8. The van der Waals surface area contributed by atoms with E-state index in [1.807, 2.05) is 11.4 Å². The van der Waals surface area contributed by atoms with Crippen LogP contribution in [0.4, 0.5) is 0 Å². The van der Waals surface area contributed by atoms with Gasteiger partial charge in [-0.3, -0.25) is 0 Å². The van der Waals surface area contributed by atoms with E-state index in [2.05, 4.69) is 31.9 Å². The van der Waals surface area contributed by atoms with Crippen LogP contribution >= 0.6 is 66.4 Å². The highest BCUT2D eigenvalue weighted by molar-refractivity contribution is 9.10. The molecule has 0 radical (unpaired) electrons. The number of halogens is 4. The van der Waals surface area contributed by atoms with Gasteiger partial charge in [0.25, 0.3) is 0 Å². The summed E-state index contributed by atoms with van der Waals surface area (Å²) in [6.45, 7) is 0.480. The number of benzene rings is 1. The molecule has 6 heteroatoms. The van der Waals surface area contributed by atoms with Crippen LogP contribution in [-0.2, 0) is 6.61 Å². The van der Waals surface area contributed by atoms with E-state index in [4.69, 9.17) is 27.9 Å². The predicted molar refractivity (Wildman–Crippen MR) is 80.5 cm³/mol. The van der Waals surface area contributed by atoms with Crippen molar-refractivity contribution >= 4 is 66.4 Å². The molecule has 90 valence electrons. The van der Waals surface area contributed by atoms with Crippen LogP contribution < -0.4 is 4.74 Å². The monoisotopic (exact) mass is 414 g/mol. The molecule has 2 rings (SSSR count). The number of hydrogen-bond donors (Lipinski definition) is 0. The van der Waals surface area contributed by atoms with E-state index in [-0.39, 0.29) is 0 Å². The Morgan fingerprint density at radius 3 is 2.53 bits per heavy atom. The van der Waals surface area contributed by atoms with Crippen molar-refractivity contribution in [3.8, 4) is 5.75 Å². The Balaban J connectivity index is 2.11. The highest BCUT2D eigenvalue weighted by Gasteiger charge is 2.07. The molecule has 1 aromatic heterocycles. The molecule has 1 nitrogen and oxygen atoms in total. The molecular formula is C11H6Br2Cl2OS. The van der Waals surface area contributed by atoms with Crippen LogP contribution in [0, 0.1) is 0 Å². The van der Waals surface area contributed by atoms with Gasteiger partial charge in [-0.15, -0.1) is 11.3 Å². The molecule has 1 heterocycles. The van der Waals surface area contributed by atoms with E-state index in [0.29, 0.717) is 22.4 Å². The summed E-state index contributed by atoms with van der Waals surface area (Å²) < 4.78 is 7.44. The van der Waals surface area contributed by atoms with Gasteiger partial charge >= 0.3 is 0 Å². The van der Waals surface area contributed by atoms with Gasteiger partial charge in [-0.2, -0.15) is 0 Å². The third-order valence-electron chi connectivity index (χ3n) is 1.97. The van der Waals surface area contributed by atoms with Crippen molar-refractivity contribution in [1.29, 1.82) is 0 Å². The molecule has 0 aliphatic carbocycles. The molecule has 0 aliphatic rings. The third-order valence-corrected chi connectivity index (χ3v) is 5.13. The van der Waals surface area contributed by atoms with E-state index >= 15 is 0 Å². The lowest BCUT2D eigenvalue weighted by Gasteiger charge is -2.08. The fourth-order valence-corrected chi connectivity index (χ4v) is 3.40. The molecule has 1 aromatic carbocycles. The van der Waals surface area contributed by atoms with Crippen molar-refractivity contribution in [1.82, 2.24) is 0 Å². The minimum atomic E-state index is 0.480. The highest BCUT2D eigenvalue weighted by Crippen LogP contribution is 2.34. The van der Waals surface area contributed by atoms with Crippen LogP contribution in [0.1, 0.15) is 4.88 Å². The van der Waals surface area contributed by atoms with Gasteiger partial charge in [-0.05, 0) is 44.0 Å². The molecule has 0 saturated carbocycles. The summed E-state index contributed by atoms with van der Waals surface area (Å²) >= 11 is 20.4. The number of thiophene rings is 1. The molecule has 0 spiro atoms. The summed E-state index contributed by atoms with van der Waals surface area (Å²) in [5.41, 5.74) is 0. The summed E-state index contributed by atoms with van der Waals surface area (Å²) in [5, 5.41) is 3.13. The largest absolute Gasteiger partial charge is 0.486 e. The first-order valence-corrected chi connectivity index (χ1v) is 7.78. The zero-order valence-electron chi connectivity index (χ0n) is 8.34. The van der Waals surface area contributed by atoms with Gasteiger partial charge in [-0.1, -0.05) is 23.2 Å². The van der Waals surface area contributed by atoms with Crippen LogP contribution in [0.2, 0.25) is 10.0 Å². The number of hydrogen-bond acceptors (Lipinski definition) is 2. The Labute approximate surface area is 130 Å². The first-order chi connectivity index (χ1) is 8.06. The van der Waals surface area contributed by atoms with Gasteiger partial charge in [0, 0.05) is 25.3 Å². The van der Waals surface area contributed by atoms with Crippen molar-refractivity contribution in [3.63, 3.8) is 0 Å². The second kappa shape index (κ2) is 5.93. The van der Waals surface area contributed by atoms with Crippen LogP contribution in [0.3, 0.4) is 0 Å². The maximum Gasteiger partial charge on any atom is 0.140 e. The summed E-state index contributed by atoms with van der Waals surface area (Å²) in [5.74, 6) is 0.587. The maximum absolute atomic E-state index is 6.05. The van der Waals surface area contributed by atoms with E-state index in [1.54, 1.807) is 23.5 Å². The Morgan fingerprint density at radius 1 is 1.12 bits per heavy atom. The standard InChI is InChI=1S/C11H6Br2Cl2OS/c12-6-1-7(17-5-6)4-16-11-3-9(14)8(13)2-10(11)15/h1-3,5H,4H2. The fourth-order valence-electron chi connectivity index (χ4n) is 1.19. The van der Waals surface area contributed by atoms with Gasteiger partial charge in [0.15, 0.2) is 0 Å². The lowest BCUT2D eigenvalue weighted by atomic mass is 10.3. The zero-order chi connectivity index (χ0) is 12.4. The normalized spacial score (nSPS) is 10.6. The van der Waals surface area contributed by atoms with Crippen LogP contribution in [0.25, 0.3) is 0 Å². The fraction of sp³-hybridized carbons (Fsp3) is 0.0909.